The topological polar surface area (TPSA) is 72.9 Å². The van der Waals surface area contributed by atoms with Crippen molar-refractivity contribution in [2.75, 3.05) is 31.6 Å². The van der Waals surface area contributed by atoms with Crippen molar-refractivity contribution in [3.05, 3.63) is 76.9 Å². The van der Waals surface area contributed by atoms with Gasteiger partial charge in [-0.15, -0.1) is 0 Å². The second-order valence-corrected chi connectivity index (χ2v) is 11.8. The van der Waals surface area contributed by atoms with Crippen LogP contribution in [0.3, 0.4) is 0 Å². The molecule has 0 spiro atoms. The molecule has 2 atom stereocenters. The molecule has 0 bridgehead atoms. The van der Waals surface area contributed by atoms with E-state index in [0.717, 1.165) is 47.9 Å². The monoisotopic (exact) mass is 543 g/mol. The number of fused-ring (bicyclic) bond motifs is 1. The van der Waals surface area contributed by atoms with Crippen molar-refractivity contribution in [3.63, 3.8) is 0 Å². The van der Waals surface area contributed by atoms with Crippen LogP contribution in [0.5, 0.6) is 5.75 Å². The standard InChI is InChI=1S/C33H41N3O4/c1-22-8-6-9-26(31(22)39-21-23-12-13-25-19-34-16-14-24(25)18-23)28-10-7-11-30(35-28)36-17-15-27(29(20-36)38-5)32(37)40-33(2,3)4/h6-13,18,27,29,34H,14-17,19-21H2,1-5H3/t27-,29+/m0/s1. The molecule has 1 fully saturated rings. The van der Waals surface area contributed by atoms with Gasteiger partial charge in [0.05, 0.1) is 17.7 Å². The summed E-state index contributed by atoms with van der Waals surface area (Å²) in [4.78, 5) is 20.1. The van der Waals surface area contributed by atoms with Crippen LogP contribution in [0.2, 0.25) is 0 Å². The number of anilines is 1. The van der Waals surface area contributed by atoms with Gasteiger partial charge >= 0.3 is 5.97 Å². The third-order valence-corrected chi connectivity index (χ3v) is 7.66. The van der Waals surface area contributed by atoms with E-state index in [0.29, 0.717) is 26.1 Å². The maximum atomic E-state index is 12.8. The Labute approximate surface area is 237 Å². The average molecular weight is 544 g/mol. The number of aromatic nitrogens is 1. The molecule has 1 saturated heterocycles. The molecule has 5 rings (SSSR count). The number of pyridine rings is 1. The van der Waals surface area contributed by atoms with E-state index in [2.05, 4.69) is 47.5 Å². The van der Waals surface area contributed by atoms with Crippen molar-refractivity contribution >= 4 is 11.8 Å². The Kier molecular flexibility index (Phi) is 8.43. The summed E-state index contributed by atoms with van der Waals surface area (Å²) in [6.45, 7) is 11.5. The lowest BCUT2D eigenvalue weighted by atomic mass is 9.93. The number of carbonyl (C=O) groups excluding carboxylic acids is 1. The fourth-order valence-corrected chi connectivity index (χ4v) is 5.58. The number of piperidine rings is 1. The normalized spacial score (nSPS) is 19.2. The number of nitrogens with one attached hydrogen (secondary N) is 1. The molecule has 2 aromatic carbocycles. The number of hydrogen-bond donors (Lipinski definition) is 1. The molecule has 1 aromatic heterocycles. The fraction of sp³-hybridized carbons (Fsp3) is 0.455. The minimum Gasteiger partial charge on any atom is -0.488 e. The SMILES string of the molecule is CO[C@@H]1CN(c2cccc(-c3cccc(C)c3OCc3ccc4c(c3)CCNC4)n2)CC[C@@H]1C(=O)OC(C)(C)C. The zero-order chi connectivity index (χ0) is 28.3. The minimum atomic E-state index is -0.520. The first-order valence-electron chi connectivity index (χ1n) is 14.2. The van der Waals surface area contributed by atoms with Crippen LogP contribution in [-0.2, 0) is 33.8 Å². The Morgan fingerprint density at radius 3 is 2.73 bits per heavy atom. The molecule has 3 heterocycles. The summed E-state index contributed by atoms with van der Waals surface area (Å²) in [6, 6.07) is 18.9. The number of carbonyl (C=O) groups is 1. The molecule has 0 aliphatic carbocycles. The summed E-state index contributed by atoms with van der Waals surface area (Å²) in [5, 5.41) is 3.43. The van der Waals surface area contributed by atoms with E-state index in [1.54, 1.807) is 7.11 Å². The summed E-state index contributed by atoms with van der Waals surface area (Å²) >= 11 is 0. The zero-order valence-corrected chi connectivity index (χ0v) is 24.3. The number of rotatable bonds is 7. The Bertz CT molecular complexity index is 1350. The van der Waals surface area contributed by atoms with Gasteiger partial charge in [0.2, 0.25) is 0 Å². The third kappa shape index (κ3) is 6.48. The largest absolute Gasteiger partial charge is 0.488 e. The van der Waals surface area contributed by atoms with Crippen molar-refractivity contribution in [2.24, 2.45) is 5.92 Å². The lowest BCUT2D eigenvalue weighted by Gasteiger charge is -2.38. The molecule has 1 N–H and O–H groups in total. The number of para-hydroxylation sites is 1. The average Bonchev–Trinajstić information content (AvgIpc) is 2.95. The second-order valence-electron chi connectivity index (χ2n) is 11.8. The summed E-state index contributed by atoms with van der Waals surface area (Å²) < 4.78 is 17.9. The first kappa shape index (κ1) is 28.1. The third-order valence-electron chi connectivity index (χ3n) is 7.66. The van der Waals surface area contributed by atoms with Gasteiger partial charge in [0.25, 0.3) is 0 Å². The van der Waals surface area contributed by atoms with Crippen LogP contribution in [-0.4, -0.2) is 49.4 Å². The summed E-state index contributed by atoms with van der Waals surface area (Å²) in [5.41, 5.74) is 6.33. The van der Waals surface area contributed by atoms with Crippen LogP contribution in [0, 0.1) is 12.8 Å². The van der Waals surface area contributed by atoms with Crippen LogP contribution in [0.25, 0.3) is 11.3 Å². The summed E-state index contributed by atoms with van der Waals surface area (Å²) in [7, 11) is 1.66. The van der Waals surface area contributed by atoms with Crippen LogP contribution in [0.4, 0.5) is 5.82 Å². The molecule has 7 heteroatoms. The van der Waals surface area contributed by atoms with E-state index >= 15 is 0 Å². The molecular weight excluding hydrogens is 502 g/mol. The van der Waals surface area contributed by atoms with Crippen LogP contribution >= 0.6 is 0 Å². The number of aryl methyl sites for hydroxylation is 1. The molecular formula is C33H41N3O4. The van der Waals surface area contributed by atoms with E-state index in [1.807, 2.05) is 45.0 Å². The van der Waals surface area contributed by atoms with Crippen molar-refractivity contribution in [3.8, 4) is 17.0 Å². The van der Waals surface area contributed by atoms with Gasteiger partial charge in [0.1, 0.15) is 23.8 Å². The summed E-state index contributed by atoms with van der Waals surface area (Å²) in [6.07, 6.45) is 1.43. The molecule has 0 amide bonds. The number of ether oxygens (including phenoxy) is 3. The van der Waals surface area contributed by atoms with Gasteiger partial charge in [-0.1, -0.05) is 36.4 Å². The van der Waals surface area contributed by atoms with Crippen molar-refractivity contribution in [2.45, 2.75) is 65.4 Å². The molecule has 40 heavy (non-hydrogen) atoms. The maximum Gasteiger partial charge on any atom is 0.312 e. The Morgan fingerprint density at radius 1 is 1.10 bits per heavy atom. The number of methoxy groups -OCH3 is 1. The minimum absolute atomic E-state index is 0.196. The van der Waals surface area contributed by atoms with Crippen LogP contribution in [0.15, 0.2) is 54.6 Å². The molecule has 2 aliphatic heterocycles. The van der Waals surface area contributed by atoms with Gasteiger partial charge in [-0.25, -0.2) is 4.98 Å². The molecule has 0 radical (unpaired) electrons. The zero-order valence-electron chi connectivity index (χ0n) is 24.3. The number of esters is 1. The molecule has 0 unspecified atom stereocenters. The Hall–Kier alpha value is -3.42. The van der Waals surface area contributed by atoms with E-state index < -0.39 is 5.60 Å². The van der Waals surface area contributed by atoms with Gasteiger partial charge in [0, 0.05) is 32.3 Å². The first-order valence-corrected chi connectivity index (χ1v) is 14.2. The maximum absolute atomic E-state index is 12.8. The van der Waals surface area contributed by atoms with E-state index in [9.17, 15) is 4.79 Å². The second kappa shape index (κ2) is 12.0. The number of benzene rings is 2. The molecule has 212 valence electrons. The number of nitrogens with zero attached hydrogens (tertiary/aromatic N) is 2. The molecule has 7 nitrogen and oxygen atoms in total. The Morgan fingerprint density at radius 2 is 1.93 bits per heavy atom. The predicted molar refractivity (Wildman–Crippen MR) is 158 cm³/mol. The smallest absolute Gasteiger partial charge is 0.312 e. The predicted octanol–water partition coefficient (Wildman–Crippen LogP) is 5.46. The Balaban J connectivity index is 1.33. The first-order chi connectivity index (χ1) is 19.2. The van der Waals surface area contributed by atoms with Gasteiger partial charge in [0.15, 0.2) is 0 Å². The van der Waals surface area contributed by atoms with E-state index in [-0.39, 0.29) is 18.0 Å². The number of hydrogen-bond acceptors (Lipinski definition) is 7. The van der Waals surface area contributed by atoms with Gasteiger partial charge < -0.3 is 24.4 Å². The highest BCUT2D eigenvalue weighted by molar-refractivity contribution is 5.74. The van der Waals surface area contributed by atoms with Gasteiger partial charge in [-0.2, -0.15) is 0 Å². The van der Waals surface area contributed by atoms with E-state index in [1.165, 1.54) is 16.7 Å². The quantitative estimate of drug-likeness (QED) is 0.397. The van der Waals surface area contributed by atoms with Crippen LogP contribution in [0.1, 0.15) is 49.4 Å². The van der Waals surface area contributed by atoms with Crippen molar-refractivity contribution < 1.29 is 19.0 Å². The van der Waals surface area contributed by atoms with E-state index in [4.69, 9.17) is 19.2 Å². The lowest BCUT2D eigenvalue weighted by Crippen LogP contribution is -2.49. The highest BCUT2D eigenvalue weighted by Crippen LogP contribution is 2.34. The molecule has 3 aromatic rings. The highest BCUT2D eigenvalue weighted by atomic mass is 16.6. The van der Waals surface area contributed by atoms with Gasteiger partial charge in [-0.3, -0.25) is 4.79 Å². The highest BCUT2D eigenvalue weighted by Gasteiger charge is 2.37. The van der Waals surface area contributed by atoms with Crippen LogP contribution < -0.4 is 15.0 Å². The molecule has 2 aliphatic rings. The lowest BCUT2D eigenvalue weighted by molar-refractivity contribution is -0.165. The van der Waals surface area contributed by atoms with Crippen molar-refractivity contribution in [1.82, 2.24) is 10.3 Å². The van der Waals surface area contributed by atoms with Gasteiger partial charge in [-0.05, 0) is 87.5 Å². The summed E-state index contributed by atoms with van der Waals surface area (Å²) in [5.74, 6) is 1.22. The fourth-order valence-electron chi connectivity index (χ4n) is 5.58. The van der Waals surface area contributed by atoms with Crippen molar-refractivity contribution in [1.29, 1.82) is 0 Å². The molecule has 0 saturated carbocycles.